The van der Waals surface area contributed by atoms with E-state index >= 15 is 0 Å². The molecule has 1 aromatic heterocycles. The molecule has 6 nitrogen and oxygen atoms in total. The van der Waals surface area contributed by atoms with Crippen LogP contribution < -0.4 is 5.32 Å². The van der Waals surface area contributed by atoms with Crippen LogP contribution in [0.2, 0.25) is 0 Å². The number of nitrogens with zero attached hydrogens (tertiary/aromatic N) is 2. The molecule has 1 aromatic rings. The molecule has 0 aliphatic heterocycles. The maximum atomic E-state index is 11.8. The summed E-state index contributed by atoms with van der Waals surface area (Å²) in [6, 6.07) is 3.53. The molecule has 0 radical (unpaired) electrons. The summed E-state index contributed by atoms with van der Waals surface area (Å²) in [5.74, 6) is 0.406. The molecule has 0 saturated carbocycles. The third-order valence-corrected chi connectivity index (χ3v) is 4.46. The molecule has 0 aromatic carbocycles. The van der Waals surface area contributed by atoms with E-state index in [1.165, 1.54) is 4.31 Å². The first kappa shape index (κ1) is 18.6. The van der Waals surface area contributed by atoms with Crippen molar-refractivity contribution in [3.63, 3.8) is 0 Å². The van der Waals surface area contributed by atoms with Gasteiger partial charge in [-0.25, -0.2) is 8.42 Å². The van der Waals surface area contributed by atoms with Crippen LogP contribution in [-0.4, -0.2) is 43.0 Å². The molecule has 0 spiro atoms. The highest BCUT2D eigenvalue weighted by molar-refractivity contribution is 7.88. The Labute approximate surface area is 133 Å². The summed E-state index contributed by atoms with van der Waals surface area (Å²) in [6.45, 7) is 5.23. The third-order valence-electron chi connectivity index (χ3n) is 3.21. The maximum Gasteiger partial charge on any atom is 0.221 e. The van der Waals surface area contributed by atoms with Crippen LogP contribution >= 0.6 is 0 Å². The molecule has 1 N–H and O–H groups in total. The van der Waals surface area contributed by atoms with Gasteiger partial charge in [-0.2, -0.15) is 4.31 Å². The van der Waals surface area contributed by atoms with Crippen molar-refractivity contribution in [3.05, 3.63) is 30.1 Å². The van der Waals surface area contributed by atoms with Crippen LogP contribution in [0.1, 0.15) is 32.3 Å². The Morgan fingerprint density at radius 1 is 1.32 bits per heavy atom. The summed E-state index contributed by atoms with van der Waals surface area (Å²) >= 11 is 0. The smallest absolute Gasteiger partial charge is 0.221 e. The highest BCUT2D eigenvalue weighted by atomic mass is 32.2. The molecule has 0 aliphatic rings. The molecule has 0 saturated heterocycles. The second kappa shape index (κ2) is 8.85. The summed E-state index contributed by atoms with van der Waals surface area (Å²) < 4.78 is 25.0. The van der Waals surface area contributed by atoms with Gasteiger partial charge in [-0.3, -0.25) is 9.78 Å². The van der Waals surface area contributed by atoms with Gasteiger partial charge < -0.3 is 5.32 Å². The number of pyridine rings is 1. The van der Waals surface area contributed by atoms with E-state index in [2.05, 4.69) is 24.1 Å². The van der Waals surface area contributed by atoms with Crippen LogP contribution in [0.4, 0.5) is 0 Å². The average molecular weight is 327 g/mol. The minimum Gasteiger partial charge on any atom is -0.356 e. The largest absolute Gasteiger partial charge is 0.356 e. The fourth-order valence-corrected chi connectivity index (χ4v) is 2.68. The lowest BCUT2D eigenvalue weighted by Crippen LogP contribution is -2.34. The van der Waals surface area contributed by atoms with Crippen LogP contribution in [0, 0.1) is 5.92 Å². The van der Waals surface area contributed by atoms with Crippen LogP contribution in [0.15, 0.2) is 24.5 Å². The Balaban J connectivity index is 2.51. The van der Waals surface area contributed by atoms with E-state index in [-0.39, 0.29) is 25.4 Å². The lowest BCUT2D eigenvalue weighted by atomic mass is 10.1. The lowest BCUT2D eigenvalue weighted by molar-refractivity contribution is -0.121. The van der Waals surface area contributed by atoms with Crippen molar-refractivity contribution in [3.8, 4) is 0 Å². The molecule has 7 heteroatoms. The summed E-state index contributed by atoms with van der Waals surface area (Å²) in [4.78, 5) is 15.7. The highest BCUT2D eigenvalue weighted by Gasteiger charge is 2.18. The monoisotopic (exact) mass is 327 g/mol. The van der Waals surface area contributed by atoms with E-state index in [0.29, 0.717) is 12.5 Å². The molecule has 1 heterocycles. The molecule has 0 aliphatic carbocycles. The van der Waals surface area contributed by atoms with E-state index < -0.39 is 10.0 Å². The zero-order valence-electron chi connectivity index (χ0n) is 13.4. The Morgan fingerprint density at radius 2 is 1.95 bits per heavy atom. The Hall–Kier alpha value is -1.47. The predicted octanol–water partition coefficient (Wildman–Crippen LogP) is 1.40. The molecule has 0 atom stereocenters. The van der Waals surface area contributed by atoms with Crippen molar-refractivity contribution >= 4 is 15.9 Å². The number of nitrogens with one attached hydrogen (secondary N) is 1. The molecular formula is C15H25N3O3S. The first-order chi connectivity index (χ1) is 10.3. The van der Waals surface area contributed by atoms with Crippen molar-refractivity contribution < 1.29 is 13.2 Å². The second-order valence-corrected chi connectivity index (χ2v) is 7.72. The van der Waals surface area contributed by atoms with E-state index in [1.807, 2.05) is 0 Å². The van der Waals surface area contributed by atoms with Crippen molar-refractivity contribution in [1.29, 1.82) is 0 Å². The average Bonchev–Trinajstić information content (AvgIpc) is 2.43. The van der Waals surface area contributed by atoms with Gasteiger partial charge in [0.15, 0.2) is 0 Å². The van der Waals surface area contributed by atoms with Gasteiger partial charge in [0, 0.05) is 38.4 Å². The minimum atomic E-state index is -3.36. The van der Waals surface area contributed by atoms with Gasteiger partial charge in [-0.05, 0) is 30.0 Å². The van der Waals surface area contributed by atoms with Crippen LogP contribution in [0.5, 0.6) is 0 Å². The van der Waals surface area contributed by atoms with Crippen LogP contribution in [0.25, 0.3) is 0 Å². The van der Waals surface area contributed by atoms with E-state index in [9.17, 15) is 13.2 Å². The summed E-state index contributed by atoms with van der Waals surface area (Å²) in [6.07, 6.45) is 5.47. The van der Waals surface area contributed by atoms with Gasteiger partial charge in [0.2, 0.25) is 15.9 Å². The molecule has 0 fully saturated rings. The van der Waals surface area contributed by atoms with Crippen LogP contribution in [-0.2, 0) is 21.4 Å². The molecule has 0 bridgehead atoms. The molecule has 22 heavy (non-hydrogen) atoms. The van der Waals surface area contributed by atoms with Crippen LogP contribution in [0.3, 0.4) is 0 Å². The van der Waals surface area contributed by atoms with E-state index in [4.69, 9.17) is 0 Å². The van der Waals surface area contributed by atoms with Gasteiger partial charge in [-0.15, -0.1) is 0 Å². The Bertz CT molecular complexity index is 559. The fourth-order valence-electron chi connectivity index (χ4n) is 1.87. The molecular weight excluding hydrogens is 302 g/mol. The van der Waals surface area contributed by atoms with Crippen molar-refractivity contribution in [2.45, 2.75) is 33.2 Å². The topological polar surface area (TPSA) is 79.4 Å². The standard InChI is InChI=1S/C15H25N3O3S/c1-13(2)4-10-17-15(19)7-11-18(22(3,20)21)12-14-5-8-16-9-6-14/h5-6,8-9,13H,4,7,10-12H2,1-3H3,(H,17,19). The summed E-state index contributed by atoms with van der Waals surface area (Å²) in [7, 11) is -3.36. The third kappa shape index (κ3) is 7.51. The van der Waals surface area contributed by atoms with E-state index in [0.717, 1.165) is 18.2 Å². The summed E-state index contributed by atoms with van der Waals surface area (Å²) in [5, 5.41) is 2.81. The predicted molar refractivity (Wildman–Crippen MR) is 86.6 cm³/mol. The number of hydrogen-bond donors (Lipinski definition) is 1. The Kier molecular flexibility index (Phi) is 7.47. The minimum absolute atomic E-state index is 0.121. The molecule has 1 rings (SSSR count). The number of sulfonamides is 1. The van der Waals surface area contributed by atoms with E-state index in [1.54, 1.807) is 24.5 Å². The zero-order valence-corrected chi connectivity index (χ0v) is 14.3. The quantitative estimate of drug-likeness (QED) is 0.743. The number of carbonyl (C=O) groups excluding carboxylic acids is 1. The van der Waals surface area contributed by atoms with Crippen molar-refractivity contribution in [1.82, 2.24) is 14.6 Å². The zero-order chi connectivity index (χ0) is 16.6. The maximum absolute atomic E-state index is 11.8. The van der Waals surface area contributed by atoms with Gasteiger partial charge in [0.1, 0.15) is 0 Å². The number of amides is 1. The highest BCUT2D eigenvalue weighted by Crippen LogP contribution is 2.08. The van der Waals surface area contributed by atoms with Gasteiger partial charge in [-0.1, -0.05) is 13.8 Å². The first-order valence-electron chi connectivity index (χ1n) is 7.39. The second-order valence-electron chi connectivity index (χ2n) is 5.73. The van der Waals surface area contributed by atoms with Gasteiger partial charge >= 0.3 is 0 Å². The number of rotatable bonds is 9. The molecule has 124 valence electrons. The normalized spacial score (nSPS) is 11.9. The first-order valence-corrected chi connectivity index (χ1v) is 9.24. The fraction of sp³-hybridized carbons (Fsp3) is 0.600. The number of aromatic nitrogens is 1. The van der Waals surface area contributed by atoms with Gasteiger partial charge in [0.05, 0.1) is 6.26 Å². The Morgan fingerprint density at radius 3 is 2.50 bits per heavy atom. The lowest BCUT2D eigenvalue weighted by Gasteiger charge is -2.19. The SMILES string of the molecule is CC(C)CCNC(=O)CCN(Cc1ccncc1)S(C)(=O)=O. The number of carbonyl (C=O) groups is 1. The van der Waals surface area contributed by atoms with Crippen molar-refractivity contribution in [2.75, 3.05) is 19.3 Å². The van der Waals surface area contributed by atoms with Gasteiger partial charge in [0.25, 0.3) is 0 Å². The molecule has 1 amide bonds. The number of hydrogen-bond acceptors (Lipinski definition) is 4. The van der Waals surface area contributed by atoms with Crippen molar-refractivity contribution in [2.24, 2.45) is 5.92 Å². The molecule has 0 unspecified atom stereocenters. The summed E-state index contributed by atoms with van der Waals surface area (Å²) in [5.41, 5.74) is 0.848.